The van der Waals surface area contributed by atoms with Gasteiger partial charge in [-0.25, -0.2) is 9.18 Å². The first-order valence-corrected chi connectivity index (χ1v) is 5.73. The molecule has 1 atom stereocenters. The lowest BCUT2D eigenvalue weighted by Gasteiger charge is -2.19. The van der Waals surface area contributed by atoms with Crippen molar-refractivity contribution in [1.82, 2.24) is 0 Å². The number of aryl methyl sites for hydroxylation is 1. The fraction of sp³-hybridized carbons (Fsp3) is 0.462. The van der Waals surface area contributed by atoms with Crippen molar-refractivity contribution in [3.05, 3.63) is 23.0 Å². The average Bonchev–Trinajstić information content (AvgIpc) is 2.37. The van der Waals surface area contributed by atoms with E-state index in [2.05, 4.69) is 0 Å². The highest BCUT2D eigenvalue weighted by molar-refractivity contribution is 5.78. The molecule has 0 spiro atoms. The van der Waals surface area contributed by atoms with Crippen LogP contribution in [0.25, 0.3) is 0 Å². The molecule has 0 radical (unpaired) electrons. The lowest BCUT2D eigenvalue weighted by atomic mass is 10.0. The van der Waals surface area contributed by atoms with E-state index in [4.69, 9.17) is 14.2 Å². The van der Waals surface area contributed by atoms with Crippen molar-refractivity contribution >= 4 is 5.97 Å². The molecule has 1 N–H and O–H groups in total. The number of esters is 1. The fourth-order valence-electron chi connectivity index (χ4n) is 1.81. The highest BCUT2D eigenvalue weighted by Gasteiger charge is 2.28. The van der Waals surface area contributed by atoms with Crippen LogP contribution in [0.4, 0.5) is 4.39 Å². The molecular weight excluding hydrogens is 255 g/mol. The molecule has 0 heterocycles. The van der Waals surface area contributed by atoms with Crippen molar-refractivity contribution in [3.8, 4) is 11.5 Å². The van der Waals surface area contributed by atoms with Crippen molar-refractivity contribution in [2.24, 2.45) is 0 Å². The van der Waals surface area contributed by atoms with Crippen LogP contribution in [0.1, 0.15) is 24.2 Å². The largest absolute Gasteiger partial charge is 0.492 e. The van der Waals surface area contributed by atoms with Crippen LogP contribution in [0.3, 0.4) is 0 Å². The van der Waals surface area contributed by atoms with E-state index >= 15 is 0 Å². The number of hydrogen-bond acceptors (Lipinski definition) is 5. The monoisotopic (exact) mass is 272 g/mol. The highest BCUT2D eigenvalue weighted by atomic mass is 19.1. The number of rotatable bonds is 5. The Morgan fingerprint density at radius 1 is 1.37 bits per heavy atom. The van der Waals surface area contributed by atoms with Gasteiger partial charge < -0.3 is 19.3 Å². The Labute approximate surface area is 110 Å². The molecule has 1 aromatic carbocycles. The number of aliphatic hydroxyl groups excluding tert-OH is 1. The third-order valence-corrected chi connectivity index (χ3v) is 2.63. The van der Waals surface area contributed by atoms with Crippen molar-refractivity contribution < 1.29 is 28.5 Å². The van der Waals surface area contributed by atoms with Crippen LogP contribution in [-0.2, 0) is 9.53 Å². The third-order valence-electron chi connectivity index (χ3n) is 2.63. The van der Waals surface area contributed by atoms with E-state index in [1.54, 1.807) is 13.8 Å². The first kappa shape index (κ1) is 15.2. The molecule has 19 heavy (non-hydrogen) atoms. The fourth-order valence-corrected chi connectivity index (χ4v) is 1.81. The predicted octanol–water partition coefficient (Wildman–Crippen LogP) is 1.75. The summed E-state index contributed by atoms with van der Waals surface area (Å²) in [5, 5.41) is 9.99. The number of aliphatic hydroxyl groups is 1. The van der Waals surface area contributed by atoms with Gasteiger partial charge in [0.2, 0.25) is 0 Å². The normalized spacial score (nSPS) is 11.9. The van der Waals surface area contributed by atoms with Crippen molar-refractivity contribution in [1.29, 1.82) is 0 Å². The molecule has 6 heteroatoms. The number of methoxy groups -OCH3 is 2. The van der Waals surface area contributed by atoms with Crippen LogP contribution >= 0.6 is 0 Å². The lowest BCUT2D eigenvalue weighted by molar-refractivity contribution is -0.153. The molecule has 0 saturated carbocycles. The zero-order valence-electron chi connectivity index (χ0n) is 11.3. The number of benzene rings is 1. The molecule has 0 fully saturated rings. The van der Waals surface area contributed by atoms with Crippen LogP contribution in [0.2, 0.25) is 0 Å². The lowest BCUT2D eigenvalue weighted by Crippen LogP contribution is -2.18. The first-order valence-electron chi connectivity index (χ1n) is 5.73. The quantitative estimate of drug-likeness (QED) is 0.827. The summed E-state index contributed by atoms with van der Waals surface area (Å²) in [5.41, 5.74) is 0.509. The number of carbonyl (C=O) groups is 1. The van der Waals surface area contributed by atoms with Crippen molar-refractivity contribution in [2.45, 2.75) is 20.0 Å². The number of carbonyl (C=O) groups excluding carboxylic acids is 1. The molecule has 0 aliphatic carbocycles. The summed E-state index contributed by atoms with van der Waals surface area (Å²) in [5.74, 6) is -1.62. The van der Waals surface area contributed by atoms with Crippen molar-refractivity contribution in [3.63, 3.8) is 0 Å². The van der Waals surface area contributed by atoms with Gasteiger partial charge in [-0.3, -0.25) is 0 Å². The van der Waals surface area contributed by atoms with Gasteiger partial charge in [-0.1, -0.05) is 0 Å². The van der Waals surface area contributed by atoms with Gasteiger partial charge >= 0.3 is 5.97 Å². The van der Waals surface area contributed by atoms with Gasteiger partial charge in [0.1, 0.15) is 0 Å². The van der Waals surface area contributed by atoms with Gasteiger partial charge in [0.15, 0.2) is 23.4 Å². The van der Waals surface area contributed by atoms with Crippen molar-refractivity contribution in [2.75, 3.05) is 20.8 Å². The molecule has 0 aromatic heterocycles. The Morgan fingerprint density at radius 3 is 2.42 bits per heavy atom. The third kappa shape index (κ3) is 2.96. The van der Waals surface area contributed by atoms with E-state index < -0.39 is 17.9 Å². The molecule has 1 rings (SSSR count). The molecule has 0 aliphatic heterocycles. The second kappa shape index (κ2) is 6.38. The summed E-state index contributed by atoms with van der Waals surface area (Å²) in [6.07, 6.45) is -1.55. The molecule has 0 bridgehead atoms. The summed E-state index contributed by atoms with van der Waals surface area (Å²) < 4.78 is 28.4. The molecule has 5 nitrogen and oxygen atoms in total. The topological polar surface area (TPSA) is 65.0 Å². The molecule has 0 amide bonds. The summed E-state index contributed by atoms with van der Waals surface area (Å²) in [4.78, 5) is 11.6. The van der Waals surface area contributed by atoms with E-state index in [0.717, 1.165) is 0 Å². The maximum atomic E-state index is 13.7. The van der Waals surface area contributed by atoms with Crippen LogP contribution in [0, 0.1) is 12.7 Å². The number of hydrogen-bond donors (Lipinski definition) is 1. The van der Waals surface area contributed by atoms with Crippen LogP contribution < -0.4 is 9.47 Å². The second-order valence-corrected chi connectivity index (χ2v) is 3.81. The van der Waals surface area contributed by atoms with E-state index in [1.807, 2.05) is 0 Å². The molecule has 0 saturated heterocycles. The Kier molecular flexibility index (Phi) is 5.11. The Balaban J connectivity index is 3.37. The van der Waals surface area contributed by atoms with Crippen LogP contribution in [-0.4, -0.2) is 31.9 Å². The maximum Gasteiger partial charge on any atom is 0.339 e. The number of ether oxygens (including phenoxy) is 3. The highest BCUT2D eigenvalue weighted by Crippen LogP contribution is 2.39. The summed E-state index contributed by atoms with van der Waals surface area (Å²) in [6, 6.07) is 1.17. The Bertz CT molecular complexity index is 473. The van der Waals surface area contributed by atoms with E-state index in [9.17, 15) is 14.3 Å². The SMILES string of the molecule is CCOC(=O)C(O)c1c(C)cc(F)c(OC)c1OC. The predicted molar refractivity (Wildman–Crippen MR) is 65.8 cm³/mol. The van der Waals surface area contributed by atoms with Gasteiger partial charge in [0, 0.05) is 5.56 Å². The van der Waals surface area contributed by atoms with Gasteiger partial charge in [-0.2, -0.15) is 0 Å². The summed E-state index contributed by atoms with van der Waals surface area (Å²) in [6.45, 7) is 3.32. The Hall–Kier alpha value is -1.82. The first-order chi connectivity index (χ1) is 8.97. The van der Waals surface area contributed by atoms with Crippen LogP contribution in [0.5, 0.6) is 11.5 Å². The number of halogens is 1. The molecular formula is C13H17FO5. The smallest absolute Gasteiger partial charge is 0.339 e. The minimum Gasteiger partial charge on any atom is -0.492 e. The standard InChI is InChI=1S/C13H17FO5/c1-5-19-13(16)10(15)9-7(2)6-8(14)11(17-3)12(9)18-4/h6,10,15H,5H2,1-4H3. The van der Waals surface area contributed by atoms with Crippen LogP contribution in [0.15, 0.2) is 6.07 Å². The van der Waals surface area contributed by atoms with E-state index in [1.165, 1.54) is 20.3 Å². The molecule has 1 unspecified atom stereocenters. The molecule has 106 valence electrons. The van der Waals surface area contributed by atoms with Gasteiger partial charge in [0.05, 0.1) is 20.8 Å². The van der Waals surface area contributed by atoms with E-state index in [-0.39, 0.29) is 23.7 Å². The molecule has 1 aromatic rings. The maximum absolute atomic E-state index is 13.7. The zero-order valence-corrected chi connectivity index (χ0v) is 11.3. The summed E-state index contributed by atoms with van der Waals surface area (Å²) >= 11 is 0. The van der Waals surface area contributed by atoms with Gasteiger partial charge in [-0.05, 0) is 25.5 Å². The molecule has 0 aliphatic rings. The minimum absolute atomic E-state index is 0.0134. The van der Waals surface area contributed by atoms with E-state index in [0.29, 0.717) is 5.56 Å². The summed E-state index contributed by atoms with van der Waals surface area (Å²) in [7, 11) is 2.58. The average molecular weight is 272 g/mol. The Morgan fingerprint density at radius 2 is 1.95 bits per heavy atom. The van der Waals surface area contributed by atoms with Gasteiger partial charge in [0.25, 0.3) is 0 Å². The van der Waals surface area contributed by atoms with Gasteiger partial charge in [-0.15, -0.1) is 0 Å². The zero-order chi connectivity index (χ0) is 14.6. The second-order valence-electron chi connectivity index (χ2n) is 3.81. The minimum atomic E-state index is -1.55.